The fourth-order valence-electron chi connectivity index (χ4n) is 4.58. The van der Waals surface area contributed by atoms with Gasteiger partial charge in [0.05, 0.1) is 22.4 Å². The summed E-state index contributed by atoms with van der Waals surface area (Å²) in [5, 5.41) is 0. The first kappa shape index (κ1) is 32.4. The Bertz CT molecular complexity index is 819. The van der Waals surface area contributed by atoms with Crippen LogP contribution in [0.15, 0.2) is 21.9 Å². The molecule has 4 nitrogen and oxygen atoms in total. The summed E-state index contributed by atoms with van der Waals surface area (Å²) in [4.78, 5) is 2.52. The number of unbranched alkanes of at least 4 members (excludes halogenated alkanes) is 6. The third-order valence-electron chi connectivity index (χ3n) is 8.67. The normalized spacial score (nSPS) is 21.4. The number of benzene rings is 1. The van der Waals surface area contributed by atoms with E-state index in [0.717, 1.165) is 22.4 Å². The van der Waals surface area contributed by atoms with Gasteiger partial charge in [0.25, 0.3) is 0 Å². The van der Waals surface area contributed by atoms with Crippen molar-refractivity contribution in [2.24, 2.45) is 0 Å². The lowest BCUT2D eigenvalue weighted by molar-refractivity contribution is 0.00578. The van der Waals surface area contributed by atoms with Crippen LogP contribution in [0.4, 0.5) is 0 Å². The molecule has 3 rings (SSSR count). The zero-order valence-corrected chi connectivity index (χ0v) is 27.5. The molecule has 0 amide bonds. The summed E-state index contributed by atoms with van der Waals surface area (Å²) in [6, 6.07) is 4.64. The largest absolute Gasteiger partial charge is 0.495 e. The zero-order chi connectivity index (χ0) is 28.2. The Kier molecular flexibility index (Phi) is 11.3. The number of hydrogen-bond acceptors (Lipinski definition) is 6. The van der Waals surface area contributed by atoms with Crippen LogP contribution in [-0.4, -0.2) is 48.1 Å². The van der Waals surface area contributed by atoms with Gasteiger partial charge in [-0.2, -0.15) is 0 Å². The van der Waals surface area contributed by atoms with E-state index in [-0.39, 0.29) is 0 Å². The molecule has 0 radical (unpaired) electrons. The highest BCUT2D eigenvalue weighted by atomic mass is 32.2. The van der Waals surface area contributed by atoms with Crippen LogP contribution in [0.25, 0.3) is 0 Å². The Labute approximate surface area is 243 Å². The molecular formula is C30H52B2O4S2. The van der Waals surface area contributed by atoms with Crippen LogP contribution in [0.2, 0.25) is 0 Å². The Hall–Kier alpha value is -0.110. The van der Waals surface area contributed by atoms with Gasteiger partial charge in [0.2, 0.25) is 0 Å². The van der Waals surface area contributed by atoms with E-state index in [0.29, 0.717) is 0 Å². The van der Waals surface area contributed by atoms with E-state index in [1.54, 1.807) is 0 Å². The highest BCUT2D eigenvalue weighted by Crippen LogP contribution is 2.40. The molecule has 38 heavy (non-hydrogen) atoms. The molecule has 0 saturated carbocycles. The van der Waals surface area contributed by atoms with Gasteiger partial charge in [-0.15, -0.1) is 23.5 Å². The minimum atomic E-state index is -0.414. The summed E-state index contributed by atoms with van der Waals surface area (Å²) >= 11 is 3.88. The zero-order valence-electron chi connectivity index (χ0n) is 25.8. The van der Waals surface area contributed by atoms with Gasteiger partial charge in [0, 0.05) is 9.79 Å². The standard InChI is InChI=1S/C30H52B2O4S2/c1-11-13-15-17-19-37-25-22-26(38-20-18-16-14-12-2)24(32-35-29(7,8)30(9,10)36-32)21-23(25)31-33-27(3,4)28(5,6)34-31/h21-22H,11-20H2,1-10H3. The lowest BCUT2D eigenvalue weighted by Crippen LogP contribution is -2.43. The van der Waals surface area contributed by atoms with Crippen molar-refractivity contribution in [1.82, 2.24) is 0 Å². The van der Waals surface area contributed by atoms with E-state index in [4.69, 9.17) is 18.6 Å². The second-order valence-corrected chi connectivity index (χ2v) is 15.2. The third kappa shape index (κ3) is 7.59. The second kappa shape index (κ2) is 13.2. The lowest BCUT2D eigenvalue weighted by Gasteiger charge is -2.32. The molecule has 2 saturated heterocycles. The molecule has 214 valence electrons. The lowest BCUT2D eigenvalue weighted by atomic mass is 9.71. The number of rotatable bonds is 14. The van der Waals surface area contributed by atoms with Gasteiger partial charge in [0.15, 0.2) is 0 Å². The SMILES string of the molecule is CCCCCCSc1cc(SCCCCCC)c(B2OC(C)(C)C(C)(C)O2)cc1B1OC(C)(C)C(C)(C)O1. The molecule has 0 aliphatic carbocycles. The van der Waals surface area contributed by atoms with E-state index < -0.39 is 36.6 Å². The van der Waals surface area contributed by atoms with Crippen molar-refractivity contribution < 1.29 is 18.6 Å². The first-order valence-electron chi connectivity index (χ1n) is 14.9. The smallest absolute Gasteiger partial charge is 0.399 e. The van der Waals surface area contributed by atoms with Gasteiger partial charge in [0.1, 0.15) is 0 Å². The molecule has 0 unspecified atom stereocenters. The highest BCUT2D eigenvalue weighted by molar-refractivity contribution is 8.00. The molecule has 1 aromatic carbocycles. The Morgan fingerprint density at radius 3 is 1.18 bits per heavy atom. The average molecular weight is 563 g/mol. The summed E-state index contributed by atoms with van der Waals surface area (Å²) in [6.07, 6.45) is 10.1. The molecular weight excluding hydrogens is 510 g/mol. The predicted molar refractivity (Wildman–Crippen MR) is 168 cm³/mol. The van der Waals surface area contributed by atoms with Crippen LogP contribution in [0.5, 0.6) is 0 Å². The summed E-state index contributed by atoms with van der Waals surface area (Å²) in [6.45, 7) is 21.5. The molecule has 0 N–H and O–H groups in total. The van der Waals surface area contributed by atoms with Crippen LogP contribution in [-0.2, 0) is 18.6 Å². The van der Waals surface area contributed by atoms with E-state index >= 15 is 0 Å². The topological polar surface area (TPSA) is 36.9 Å². The molecule has 0 bridgehead atoms. The van der Waals surface area contributed by atoms with Crippen LogP contribution in [0.1, 0.15) is 121 Å². The Balaban J connectivity index is 1.99. The highest BCUT2D eigenvalue weighted by Gasteiger charge is 2.54. The fourth-order valence-corrected chi connectivity index (χ4v) is 6.83. The van der Waals surface area contributed by atoms with Crippen LogP contribution in [0, 0.1) is 0 Å². The van der Waals surface area contributed by atoms with Crippen LogP contribution < -0.4 is 10.9 Å². The van der Waals surface area contributed by atoms with Gasteiger partial charge in [-0.25, -0.2) is 0 Å². The van der Waals surface area contributed by atoms with Crippen LogP contribution in [0.3, 0.4) is 0 Å². The summed E-state index contributed by atoms with van der Waals surface area (Å²) in [7, 11) is -0.828. The number of hydrogen-bond donors (Lipinski definition) is 0. The molecule has 2 aliphatic heterocycles. The van der Waals surface area contributed by atoms with Crippen molar-refractivity contribution in [2.45, 2.75) is 153 Å². The van der Waals surface area contributed by atoms with Gasteiger partial charge >= 0.3 is 14.2 Å². The average Bonchev–Trinajstić information content (AvgIpc) is 3.17. The second-order valence-electron chi connectivity index (χ2n) is 12.9. The molecule has 2 heterocycles. The molecule has 2 fully saturated rings. The number of thioether (sulfide) groups is 2. The van der Waals surface area contributed by atoms with E-state index in [1.165, 1.54) is 61.2 Å². The molecule has 1 aromatic rings. The van der Waals surface area contributed by atoms with Crippen molar-refractivity contribution >= 4 is 48.7 Å². The molecule has 0 spiro atoms. The van der Waals surface area contributed by atoms with Crippen molar-refractivity contribution in [3.05, 3.63) is 12.1 Å². The van der Waals surface area contributed by atoms with Crippen molar-refractivity contribution in [2.75, 3.05) is 11.5 Å². The van der Waals surface area contributed by atoms with Gasteiger partial charge in [-0.05, 0) is 96.7 Å². The first-order chi connectivity index (χ1) is 17.7. The molecule has 8 heteroatoms. The van der Waals surface area contributed by atoms with E-state index in [1.807, 2.05) is 23.5 Å². The molecule has 0 atom stereocenters. The van der Waals surface area contributed by atoms with E-state index in [2.05, 4.69) is 81.4 Å². The summed E-state index contributed by atoms with van der Waals surface area (Å²) in [5.74, 6) is 2.20. The third-order valence-corrected chi connectivity index (χ3v) is 11.0. The predicted octanol–water partition coefficient (Wildman–Crippen LogP) is 7.63. The molecule has 2 aliphatic rings. The molecule has 0 aromatic heterocycles. The van der Waals surface area contributed by atoms with Crippen molar-refractivity contribution in [1.29, 1.82) is 0 Å². The minimum Gasteiger partial charge on any atom is -0.399 e. The maximum Gasteiger partial charge on any atom is 0.495 e. The van der Waals surface area contributed by atoms with Gasteiger partial charge in [-0.3, -0.25) is 0 Å². The maximum absolute atomic E-state index is 6.58. The minimum absolute atomic E-state index is 0.391. The Morgan fingerprint density at radius 1 is 0.526 bits per heavy atom. The van der Waals surface area contributed by atoms with Gasteiger partial charge < -0.3 is 18.6 Å². The Morgan fingerprint density at radius 2 is 0.868 bits per heavy atom. The maximum atomic E-state index is 6.58. The first-order valence-corrected chi connectivity index (χ1v) is 16.9. The fraction of sp³-hybridized carbons (Fsp3) is 0.800. The summed E-state index contributed by atoms with van der Waals surface area (Å²) < 4.78 is 26.3. The quantitative estimate of drug-likeness (QED) is 0.132. The summed E-state index contributed by atoms with van der Waals surface area (Å²) in [5.41, 5.74) is 0.638. The van der Waals surface area contributed by atoms with Crippen LogP contribution >= 0.6 is 23.5 Å². The van der Waals surface area contributed by atoms with Crippen molar-refractivity contribution in [3.63, 3.8) is 0 Å². The van der Waals surface area contributed by atoms with Crippen molar-refractivity contribution in [3.8, 4) is 0 Å². The van der Waals surface area contributed by atoms with E-state index in [9.17, 15) is 0 Å². The monoisotopic (exact) mass is 562 g/mol. The van der Waals surface area contributed by atoms with Gasteiger partial charge in [-0.1, -0.05) is 58.4 Å².